The number of imidazole rings is 2. The fraction of sp³-hybridized carbons (Fsp3) is 0.542. The van der Waals surface area contributed by atoms with E-state index >= 15 is 8.78 Å². The lowest BCUT2D eigenvalue weighted by Crippen LogP contribution is -2.51. The molecule has 0 spiro atoms. The number of carbonyl (C=O) groups is 4. The number of benzene rings is 2. The van der Waals surface area contributed by atoms with Crippen molar-refractivity contribution in [3.05, 3.63) is 70.6 Å². The fourth-order valence-corrected chi connectivity index (χ4v) is 11.6. The van der Waals surface area contributed by atoms with E-state index in [0.29, 0.717) is 29.1 Å². The molecule has 14 nitrogen and oxygen atoms in total. The van der Waals surface area contributed by atoms with E-state index in [1.54, 1.807) is 26.2 Å². The maximum Gasteiger partial charge on any atom is 0.407 e. The number of aromatic amines is 2. The first-order chi connectivity index (χ1) is 31.5. The molecule has 2 bridgehead atoms. The molecule has 2 aromatic carbocycles. The van der Waals surface area contributed by atoms with E-state index < -0.39 is 92.4 Å². The van der Waals surface area contributed by atoms with Crippen LogP contribution < -0.4 is 10.6 Å². The molecule has 4 aromatic rings. The first-order valence-electron chi connectivity index (χ1n) is 23.0. The smallest absolute Gasteiger partial charge is 0.407 e. The van der Waals surface area contributed by atoms with Crippen LogP contribution in [0, 0.1) is 5.92 Å². The largest absolute Gasteiger partial charge is 0.453 e. The Morgan fingerprint density at radius 1 is 0.773 bits per heavy atom. The molecular formula is C48H56F4N8O6. The number of alkyl halides is 4. The van der Waals surface area contributed by atoms with Crippen LogP contribution in [0.5, 0.6) is 0 Å². The first kappa shape index (κ1) is 45.2. The standard InChI is InChI=1S/C48H56F4N8O6/c1-6-7-25-10-11-29-28(33-19-53-43(56-33)36-18-48(51,52)23-60(36)44(62)41(24(2)3)58-46(64)66-5)12-13-30(38(25)29)31-14-15-32(40-27-9-8-26(16-27)39(31)40)34-20-54-42(57-34)35-17-47(49,50)22-59(35)37(61)21-55-45(63)65-4/h12-15,19-20,24-27,35-36,41H,6-11,16-18,21-23H2,1-5H3,(H,53,56)(H,54,57)(H,55,63)(H,58,64)/t25?,26?,27?,35?,36-,41?/m0/s1. The van der Waals surface area contributed by atoms with Gasteiger partial charge in [-0.15, -0.1) is 0 Å². The molecule has 3 aliphatic carbocycles. The first-order valence-corrected chi connectivity index (χ1v) is 23.0. The zero-order valence-corrected chi connectivity index (χ0v) is 37.7. The number of rotatable bonds is 12. The molecule has 5 unspecified atom stereocenters. The molecular weight excluding hydrogens is 861 g/mol. The fourth-order valence-electron chi connectivity index (χ4n) is 11.6. The quantitative estimate of drug-likeness (QED) is 0.102. The van der Waals surface area contributed by atoms with Crippen molar-refractivity contribution in [2.45, 2.75) is 126 Å². The van der Waals surface area contributed by atoms with Gasteiger partial charge in [0.1, 0.15) is 24.2 Å². The molecule has 66 heavy (non-hydrogen) atoms. The highest BCUT2D eigenvalue weighted by atomic mass is 19.3. The zero-order chi connectivity index (χ0) is 46.8. The number of aromatic nitrogens is 4. The van der Waals surface area contributed by atoms with E-state index in [1.807, 2.05) is 0 Å². The van der Waals surface area contributed by atoms with E-state index in [-0.39, 0.29) is 11.6 Å². The third-order valence-corrected chi connectivity index (χ3v) is 14.5. The Bertz CT molecular complexity index is 2560. The van der Waals surface area contributed by atoms with Gasteiger partial charge in [0.05, 0.1) is 63.2 Å². The molecule has 2 saturated heterocycles. The molecule has 352 valence electrons. The van der Waals surface area contributed by atoms with Gasteiger partial charge in [0, 0.05) is 24.0 Å². The van der Waals surface area contributed by atoms with Crippen LogP contribution in [0.4, 0.5) is 27.2 Å². The van der Waals surface area contributed by atoms with Crippen LogP contribution in [-0.2, 0) is 25.5 Å². The van der Waals surface area contributed by atoms with E-state index in [2.05, 4.69) is 66.5 Å². The van der Waals surface area contributed by atoms with Crippen LogP contribution in [0.15, 0.2) is 36.7 Å². The second-order valence-electron chi connectivity index (χ2n) is 19.0. The van der Waals surface area contributed by atoms with Crippen molar-refractivity contribution in [3.8, 4) is 33.6 Å². The third-order valence-electron chi connectivity index (χ3n) is 14.5. The second-order valence-corrected chi connectivity index (χ2v) is 19.0. The van der Waals surface area contributed by atoms with Crippen molar-refractivity contribution in [2.24, 2.45) is 5.92 Å². The number of carbonyl (C=O) groups excluding carboxylic acids is 4. The van der Waals surface area contributed by atoms with Crippen LogP contribution in [0.3, 0.4) is 0 Å². The number of ether oxygens (including phenoxy) is 2. The van der Waals surface area contributed by atoms with Crippen molar-refractivity contribution in [1.82, 2.24) is 40.4 Å². The van der Waals surface area contributed by atoms with Crippen LogP contribution in [0.1, 0.15) is 136 Å². The van der Waals surface area contributed by atoms with Gasteiger partial charge >= 0.3 is 12.2 Å². The maximum absolute atomic E-state index is 15.2. The Morgan fingerprint density at radius 3 is 1.92 bits per heavy atom. The number of nitrogens with zero attached hydrogens (tertiary/aromatic N) is 4. The molecule has 6 atom stereocenters. The number of halogens is 4. The number of likely N-dealkylation sites (tertiary alicyclic amines) is 2. The molecule has 0 radical (unpaired) electrons. The minimum atomic E-state index is -3.16. The van der Waals surface area contributed by atoms with Crippen molar-refractivity contribution >= 4 is 24.0 Å². The summed E-state index contributed by atoms with van der Waals surface area (Å²) in [4.78, 5) is 68.7. The summed E-state index contributed by atoms with van der Waals surface area (Å²) in [6, 6.07) is 5.39. The SMILES string of the molecule is CCCC1CCc2c(-c3cnc([C@@H]4CC(F)(F)CN4C(=O)C(NC(=O)OC)C(C)C)[nH]3)ccc(-c3ccc(-c4cnc(C5CC(F)(F)CN5C(=O)CNC(=O)OC)[nH]4)c4c3C3CCC4C3)c21. The van der Waals surface area contributed by atoms with Gasteiger partial charge in [-0.25, -0.2) is 37.1 Å². The molecule has 4 N–H and O–H groups in total. The summed E-state index contributed by atoms with van der Waals surface area (Å²) in [5.41, 5.74) is 10.6. The van der Waals surface area contributed by atoms with Gasteiger partial charge < -0.3 is 39.9 Å². The molecule has 9 rings (SSSR count). The molecule has 1 saturated carbocycles. The lowest BCUT2D eigenvalue weighted by molar-refractivity contribution is -0.136. The van der Waals surface area contributed by atoms with E-state index in [9.17, 15) is 28.0 Å². The lowest BCUT2D eigenvalue weighted by Gasteiger charge is -2.29. The second kappa shape index (κ2) is 17.4. The Kier molecular flexibility index (Phi) is 11.9. The maximum atomic E-state index is 15.2. The zero-order valence-electron chi connectivity index (χ0n) is 37.7. The van der Waals surface area contributed by atoms with E-state index in [4.69, 9.17) is 4.74 Å². The van der Waals surface area contributed by atoms with Crippen LogP contribution in [0.25, 0.3) is 33.6 Å². The third kappa shape index (κ3) is 8.18. The Balaban J connectivity index is 1.05. The van der Waals surface area contributed by atoms with Crippen LogP contribution in [0.2, 0.25) is 0 Å². The summed E-state index contributed by atoms with van der Waals surface area (Å²) in [7, 11) is 2.33. The summed E-state index contributed by atoms with van der Waals surface area (Å²) in [5.74, 6) is -6.53. The summed E-state index contributed by atoms with van der Waals surface area (Å²) >= 11 is 0. The molecule has 4 heterocycles. The highest BCUT2D eigenvalue weighted by Crippen LogP contribution is 2.59. The van der Waals surface area contributed by atoms with Crippen LogP contribution in [-0.4, -0.2) is 105 Å². The lowest BCUT2D eigenvalue weighted by atomic mass is 9.79. The number of H-pyrrole nitrogens is 2. The van der Waals surface area contributed by atoms with Crippen LogP contribution >= 0.6 is 0 Å². The molecule has 18 heteroatoms. The predicted octanol–water partition coefficient (Wildman–Crippen LogP) is 8.88. The Morgan fingerprint density at radius 2 is 1.32 bits per heavy atom. The van der Waals surface area contributed by atoms with Gasteiger partial charge in [-0.1, -0.05) is 51.5 Å². The van der Waals surface area contributed by atoms with Gasteiger partial charge in [-0.2, -0.15) is 0 Å². The number of alkyl carbamates (subject to hydrolysis) is 2. The number of hydrogen-bond donors (Lipinski definition) is 4. The summed E-state index contributed by atoms with van der Waals surface area (Å²) in [6.45, 7) is 3.56. The monoisotopic (exact) mass is 916 g/mol. The van der Waals surface area contributed by atoms with Gasteiger partial charge in [0.25, 0.3) is 11.8 Å². The summed E-state index contributed by atoms with van der Waals surface area (Å²) in [5, 5.41) is 4.81. The Hall–Kier alpha value is -5.94. The van der Waals surface area contributed by atoms with Crippen molar-refractivity contribution < 1.29 is 46.2 Å². The molecule has 5 aliphatic rings. The Labute approximate surface area is 380 Å². The number of nitrogens with one attached hydrogen (secondary N) is 4. The van der Waals surface area contributed by atoms with Gasteiger partial charge in [0.15, 0.2) is 0 Å². The average Bonchev–Trinajstić information content (AvgIpc) is 4.16. The van der Waals surface area contributed by atoms with Crippen molar-refractivity contribution in [2.75, 3.05) is 33.9 Å². The highest BCUT2D eigenvalue weighted by molar-refractivity contribution is 5.87. The normalized spacial score (nSPS) is 23.8. The van der Waals surface area contributed by atoms with E-state index in [1.165, 1.54) is 34.9 Å². The highest BCUT2D eigenvalue weighted by Gasteiger charge is 2.51. The number of amides is 4. The number of fused-ring (bicyclic) bond motifs is 6. The molecule has 2 aliphatic heterocycles. The van der Waals surface area contributed by atoms with Crippen molar-refractivity contribution in [1.29, 1.82) is 0 Å². The molecule has 4 amide bonds. The van der Waals surface area contributed by atoms with Gasteiger partial charge in [-0.3, -0.25) is 9.59 Å². The van der Waals surface area contributed by atoms with Gasteiger partial charge in [-0.05, 0) is 95.6 Å². The number of methoxy groups -OCH3 is 2. The topological polar surface area (TPSA) is 175 Å². The summed E-state index contributed by atoms with van der Waals surface area (Å²) in [6.07, 6.45) is 7.31. The minimum absolute atomic E-state index is 0.250. The predicted molar refractivity (Wildman–Crippen MR) is 235 cm³/mol. The van der Waals surface area contributed by atoms with Crippen molar-refractivity contribution in [3.63, 3.8) is 0 Å². The summed E-state index contributed by atoms with van der Waals surface area (Å²) < 4.78 is 69.4. The van der Waals surface area contributed by atoms with Gasteiger partial charge in [0.2, 0.25) is 11.8 Å². The molecule has 2 aromatic heterocycles. The average molecular weight is 917 g/mol. The number of hydrogen-bond acceptors (Lipinski definition) is 8. The molecule has 3 fully saturated rings. The minimum Gasteiger partial charge on any atom is -0.453 e. The van der Waals surface area contributed by atoms with E-state index in [0.717, 1.165) is 78.5 Å².